The van der Waals surface area contributed by atoms with Crippen molar-refractivity contribution in [1.29, 1.82) is 0 Å². The van der Waals surface area contributed by atoms with Crippen molar-refractivity contribution in [3.63, 3.8) is 0 Å². The van der Waals surface area contributed by atoms with E-state index in [4.69, 9.17) is 5.73 Å². The van der Waals surface area contributed by atoms with Crippen LogP contribution in [0.3, 0.4) is 0 Å². The largest absolute Gasteiger partial charge is 0.416 e. The van der Waals surface area contributed by atoms with Crippen molar-refractivity contribution in [3.8, 4) is 0 Å². The Bertz CT molecular complexity index is 578. The summed E-state index contributed by atoms with van der Waals surface area (Å²) in [6.45, 7) is 0. The van der Waals surface area contributed by atoms with Crippen LogP contribution in [0.2, 0.25) is 0 Å². The molecule has 8 heteroatoms. The summed E-state index contributed by atoms with van der Waals surface area (Å²) in [5, 5.41) is 11.5. The summed E-state index contributed by atoms with van der Waals surface area (Å²) in [7, 11) is 1.63. The highest BCUT2D eigenvalue weighted by atomic mass is 19.4. The molecule has 1 unspecified atom stereocenters. The van der Waals surface area contributed by atoms with Crippen molar-refractivity contribution < 1.29 is 13.2 Å². The molecule has 1 heterocycles. The molecule has 1 atom stereocenters. The zero-order chi connectivity index (χ0) is 14.8. The third-order valence-corrected chi connectivity index (χ3v) is 2.75. The fourth-order valence-corrected chi connectivity index (χ4v) is 1.89. The second kappa shape index (κ2) is 5.58. The summed E-state index contributed by atoms with van der Waals surface area (Å²) < 4.78 is 37.8. The van der Waals surface area contributed by atoms with Crippen LogP contribution < -0.4 is 5.73 Å². The molecule has 1 aromatic heterocycles. The van der Waals surface area contributed by atoms with E-state index in [0.717, 1.165) is 12.1 Å². The van der Waals surface area contributed by atoms with E-state index >= 15 is 0 Å². The van der Waals surface area contributed by atoms with E-state index in [1.165, 1.54) is 10.9 Å². The van der Waals surface area contributed by atoms with Crippen molar-refractivity contribution >= 4 is 0 Å². The van der Waals surface area contributed by atoms with Gasteiger partial charge in [0.05, 0.1) is 12.6 Å². The number of rotatable bonds is 4. The van der Waals surface area contributed by atoms with E-state index in [9.17, 15) is 13.2 Å². The number of hydrogen-bond donors (Lipinski definition) is 1. The quantitative estimate of drug-likeness (QED) is 0.920. The Hall–Kier alpha value is -1.96. The molecule has 0 spiro atoms. The fourth-order valence-electron chi connectivity index (χ4n) is 1.89. The molecular weight excluding hydrogens is 271 g/mol. The second-order valence-electron chi connectivity index (χ2n) is 4.56. The summed E-state index contributed by atoms with van der Waals surface area (Å²) in [5.41, 5.74) is 5.78. The Labute approximate surface area is 113 Å². The Kier molecular flexibility index (Phi) is 4.03. The maximum atomic E-state index is 12.6. The van der Waals surface area contributed by atoms with E-state index < -0.39 is 11.7 Å². The molecule has 1 aromatic carbocycles. The molecule has 5 nitrogen and oxygen atoms in total. The van der Waals surface area contributed by atoms with Crippen molar-refractivity contribution in [3.05, 3.63) is 41.2 Å². The van der Waals surface area contributed by atoms with Crippen molar-refractivity contribution in [1.82, 2.24) is 20.2 Å². The van der Waals surface area contributed by atoms with Gasteiger partial charge in [0.15, 0.2) is 5.82 Å². The average molecular weight is 285 g/mol. The van der Waals surface area contributed by atoms with Crippen LogP contribution in [0.15, 0.2) is 24.3 Å². The summed E-state index contributed by atoms with van der Waals surface area (Å²) >= 11 is 0. The molecule has 0 saturated carbocycles. The molecule has 0 aliphatic rings. The smallest absolute Gasteiger partial charge is 0.327 e. The molecular formula is C12H14F3N5. The predicted octanol–water partition coefficient (Wildman–Crippen LogP) is 1.34. The Morgan fingerprint density at radius 1 is 1.30 bits per heavy atom. The monoisotopic (exact) mass is 285 g/mol. The topological polar surface area (TPSA) is 69.6 Å². The number of aryl methyl sites for hydroxylation is 1. The van der Waals surface area contributed by atoms with Gasteiger partial charge in [-0.25, -0.2) is 0 Å². The lowest BCUT2D eigenvalue weighted by atomic mass is 10.0. The highest BCUT2D eigenvalue weighted by Gasteiger charge is 2.30. The molecule has 108 valence electrons. The van der Waals surface area contributed by atoms with E-state index in [1.807, 2.05) is 0 Å². The summed E-state index contributed by atoms with van der Waals surface area (Å²) in [5.74, 6) is 0.479. The number of tetrazole rings is 1. The number of hydrogen-bond acceptors (Lipinski definition) is 4. The van der Waals surface area contributed by atoms with Gasteiger partial charge >= 0.3 is 6.18 Å². The summed E-state index contributed by atoms with van der Waals surface area (Å²) in [4.78, 5) is 1.31. The maximum Gasteiger partial charge on any atom is 0.416 e. The first kappa shape index (κ1) is 14.4. The Morgan fingerprint density at radius 3 is 2.65 bits per heavy atom. The highest BCUT2D eigenvalue weighted by Crippen LogP contribution is 2.29. The van der Waals surface area contributed by atoms with Gasteiger partial charge in [-0.05, 0) is 23.3 Å². The minimum Gasteiger partial charge on any atom is -0.327 e. The van der Waals surface area contributed by atoms with Crippen LogP contribution in [0.4, 0.5) is 13.2 Å². The molecule has 0 radical (unpaired) electrons. The number of benzene rings is 1. The lowest BCUT2D eigenvalue weighted by Crippen LogP contribution is -2.26. The predicted molar refractivity (Wildman–Crippen MR) is 65.6 cm³/mol. The third-order valence-electron chi connectivity index (χ3n) is 2.75. The first-order valence-electron chi connectivity index (χ1n) is 5.99. The lowest BCUT2D eigenvalue weighted by Gasteiger charge is -2.12. The van der Waals surface area contributed by atoms with Crippen LogP contribution >= 0.6 is 0 Å². The van der Waals surface area contributed by atoms with Crippen LogP contribution in [0, 0.1) is 0 Å². The second-order valence-corrected chi connectivity index (χ2v) is 4.56. The minimum atomic E-state index is -4.34. The van der Waals surface area contributed by atoms with Crippen LogP contribution in [0.1, 0.15) is 17.0 Å². The standard InChI is InChI=1S/C12H14F3N5/c1-20-18-11(17-19-20)7-10(16)6-8-3-2-4-9(5-8)12(13,14)15/h2-5,10H,6-7,16H2,1H3. The summed E-state index contributed by atoms with van der Waals surface area (Å²) in [6.07, 6.45) is -3.65. The zero-order valence-electron chi connectivity index (χ0n) is 10.8. The van der Waals surface area contributed by atoms with Gasteiger partial charge < -0.3 is 5.73 Å². The van der Waals surface area contributed by atoms with Gasteiger partial charge in [0.1, 0.15) is 0 Å². The SMILES string of the molecule is Cn1nnc(CC(N)Cc2cccc(C(F)(F)F)c2)n1. The van der Waals surface area contributed by atoms with E-state index in [-0.39, 0.29) is 6.04 Å². The average Bonchev–Trinajstić information content (AvgIpc) is 2.73. The molecule has 20 heavy (non-hydrogen) atoms. The first-order chi connectivity index (χ1) is 9.34. The van der Waals surface area contributed by atoms with E-state index in [2.05, 4.69) is 15.4 Å². The van der Waals surface area contributed by atoms with Crippen molar-refractivity contribution in [2.24, 2.45) is 12.8 Å². The maximum absolute atomic E-state index is 12.6. The molecule has 0 aliphatic heterocycles. The van der Waals surface area contributed by atoms with Crippen molar-refractivity contribution in [2.45, 2.75) is 25.1 Å². The third kappa shape index (κ3) is 3.77. The van der Waals surface area contributed by atoms with E-state index in [0.29, 0.717) is 24.2 Å². The molecule has 2 rings (SSSR count). The Morgan fingerprint density at radius 2 is 2.05 bits per heavy atom. The van der Waals surface area contributed by atoms with Gasteiger partial charge in [-0.1, -0.05) is 18.2 Å². The van der Waals surface area contributed by atoms with Gasteiger partial charge in [-0.2, -0.15) is 18.0 Å². The van der Waals surface area contributed by atoms with Crippen LogP contribution in [-0.2, 0) is 26.1 Å². The van der Waals surface area contributed by atoms with Crippen LogP contribution in [0.5, 0.6) is 0 Å². The van der Waals surface area contributed by atoms with Gasteiger partial charge in [-0.3, -0.25) is 0 Å². The molecule has 0 saturated heterocycles. The van der Waals surface area contributed by atoms with Gasteiger partial charge in [-0.15, -0.1) is 10.2 Å². The number of alkyl halides is 3. The Balaban J connectivity index is 2.02. The zero-order valence-corrected chi connectivity index (χ0v) is 10.8. The molecule has 2 N–H and O–H groups in total. The number of halogens is 3. The lowest BCUT2D eigenvalue weighted by molar-refractivity contribution is -0.137. The highest BCUT2D eigenvalue weighted by molar-refractivity contribution is 5.26. The molecule has 2 aromatic rings. The first-order valence-corrected chi connectivity index (χ1v) is 5.99. The van der Waals surface area contributed by atoms with Gasteiger partial charge in [0.25, 0.3) is 0 Å². The normalized spacial score (nSPS) is 13.4. The van der Waals surface area contributed by atoms with Gasteiger partial charge in [0, 0.05) is 12.5 Å². The molecule has 0 aliphatic carbocycles. The number of nitrogens with two attached hydrogens (primary N) is 1. The summed E-state index contributed by atoms with van der Waals surface area (Å²) in [6, 6.07) is 4.80. The minimum absolute atomic E-state index is 0.322. The van der Waals surface area contributed by atoms with E-state index in [1.54, 1.807) is 13.1 Å². The van der Waals surface area contributed by atoms with Crippen LogP contribution in [-0.4, -0.2) is 26.2 Å². The molecule has 0 bridgehead atoms. The fraction of sp³-hybridized carbons (Fsp3) is 0.417. The van der Waals surface area contributed by atoms with Gasteiger partial charge in [0.2, 0.25) is 0 Å². The van der Waals surface area contributed by atoms with Crippen molar-refractivity contribution in [2.75, 3.05) is 0 Å². The number of nitrogens with zero attached hydrogens (tertiary/aromatic N) is 4. The molecule has 0 amide bonds. The number of aromatic nitrogens is 4. The molecule has 0 fully saturated rings. The van der Waals surface area contributed by atoms with Crippen LogP contribution in [0.25, 0.3) is 0 Å².